The molecule has 0 saturated heterocycles. The number of nitrogens with one attached hydrogen (secondary N) is 1. The van der Waals surface area contributed by atoms with Gasteiger partial charge in [0.15, 0.2) is 0 Å². The van der Waals surface area contributed by atoms with E-state index >= 15 is 0 Å². The summed E-state index contributed by atoms with van der Waals surface area (Å²) < 4.78 is 0. The van der Waals surface area contributed by atoms with Crippen molar-refractivity contribution in [2.24, 2.45) is 5.92 Å². The zero-order valence-corrected chi connectivity index (χ0v) is 17.1. The van der Waals surface area contributed by atoms with Crippen LogP contribution < -0.4 is 5.32 Å². The van der Waals surface area contributed by atoms with Crippen molar-refractivity contribution in [3.05, 3.63) is 107 Å². The molecule has 1 heterocycles. The van der Waals surface area contributed by atoms with Crippen LogP contribution in [-0.4, -0.2) is 0 Å². The van der Waals surface area contributed by atoms with E-state index in [0.29, 0.717) is 11.8 Å². The van der Waals surface area contributed by atoms with E-state index in [9.17, 15) is 0 Å². The molecule has 0 fully saturated rings. The summed E-state index contributed by atoms with van der Waals surface area (Å²) in [6.45, 7) is 0. The van der Waals surface area contributed by atoms with Crippen LogP contribution in [0, 0.1) is 5.92 Å². The predicted molar refractivity (Wildman–Crippen MR) is 120 cm³/mol. The van der Waals surface area contributed by atoms with Crippen LogP contribution in [0.15, 0.2) is 89.8 Å². The first-order valence-corrected chi connectivity index (χ1v) is 11.1. The quantitative estimate of drug-likeness (QED) is 0.358. The van der Waals surface area contributed by atoms with Crippen molar-refractivity contribution < 1.29 is 0 Å². The molecule has 1 aliphatic heterocycles. The molecule has 3 aromatic carbocycles. The maximum absolute atomic E-state index is 6.54. The smallest absolute Gasteiger partial charge is 0.0568 e. The lowest BCUT2D eigenvalue weighted by Crippen LogP contribution is -2.29. The highest BCUT2D eigenvalue weighted by Crippen LogP contribution is 2.51. The van der Waals surface area contributed by atoms with E-state index in [1.807, 2.05) is 23.9 Å². The number of hydrogen-bond donors (Lipinski definition) is 1. The maximum atomic E-state index is 6.54. The Balaban J connectivity index is 1.43. The number of halogens is 1. The Morgan fingerprint density at radius 2 is 1.75 bits per heavy atom. The molecule has 5 rings (SSSR count). The lowest BCUT2D eigenvalue weighted by molar-refractivity contribution is 0.425. The standard InChI is InChI=1S/C25H22ClNS/c26-23-12-5-4-9-21(23)25-20-11-6-10-19(20)22-15-17(13-14-24(22)27-25)16-28-18-7-2-1-3-8-18/h1-10,12-15,19-20,25,27H,11,16H2/t19-,20-,25-/m1/s1. The molecule has 1 aliphatic carbocycles. The van der Waals surface area contributed by atoms with E-state index in [4.69, 9.17) is 11.6 Å². The van der Waals surface area contributed by atoms with Gasteiger partial charge in [0.2, 0.25) is 0 Å². The van der Waals surface area contributed by atoms with E-state index < -0.39 is 0 Å². The van der Waals surface area contributed by atoms with Crippen molar-refractivity contribution in [2.75, 3.05) is 5.32 Å². The molecule has 0 bridgehead atoms. The average molecular weight is 404 g/mol. The first-order valence-electron chi connectivity index (χ1n) is 9.78. The number of hydrogen-bond acceptors (Lipinski definition) is 2. The molecular weight excluding hydrogens is 382 g/mol. The molecule has 3 heteroatoms. The van der Waals surface area contributed by atoms with Crippen LogP contribution in [0.3, 0.4) is 0 Å². The summed E-state index contributed by atoms with van der Waals surface area (Å²) >= 11 is 8.43. The first kappa shape index (κ1) is 17.9. The number of thioether (sulfide) groups is 1. The third-order valence-corrected chi connectivity index (χ3v) is 7.24. The lowest BCUT2D eigenvalue weighted by atomic mass is 9.76. The molecule has 3 aromatic rings. The second-order valence-corrected chi connectivity index (χ2v) is 8.98. The summed E-state index contributed by atoms with van der Waals surface area (Å²) in [5, 5.41) is 4.65. The lowest BCUT2D eigenvalue weighted by Gasteiger charge is -2.38. The van der Waals surface area contributed by atoms with Crippen LogP contribution in [0.4, 0.5) is 5.69 Å². The van der Waals surface area contributed by atoms with Crippen molar-refractivity contribution in [3.63, 3.8) is 0 Å². The van der Waals surface area contributed by atoms with Crippen molar-refractivity contribution in [1.29, 1.82) is 0 Å². The third-order valence-electron chi connectivity index (χ3n) is 5.82. The molecule has 0 saturated carbocycles. The Hall–Kier alpha value is -2.16. The van der Waals surface area contributed by atoms with Gasteiger partial charge in [0, 0.05) is 27.3 Å². The summed E-state index contributed by atoms with van der Waals surface area (Å²) in [5.74, 6) is 1.97. The second-order valence-electron chi connectivity index (χ2n) is 7.52. The minimum absolute atomic E-state index is 0.255. The summed E-state index contributed by atoms with van der Waals surface area (Å²) in [6.07, 6.45) is 5.82. The summed E-state index contributed by atoms with van der Waals surface area (Å²) in [4.78, 5) is 1.32. The average Bonchev–Trinajstić information content (AvgIpc) is 3.23. The Morgan fingerprint density at radius 3 is 2.61 bits per heavy atom. The summed E-state index contributed by atoms with van der Waals surface area (Å²) in [6, 6.07) is 26.0. The molecule has 1 nitrogen and oxygen atoms in total. The Morgan fingerprint density at radius 1 is 0.929 bits per heavy atom. The highest BCUT2D eigenvalue weighted by atomic mass is 35.5. The minimum Gasteiger partial charge on any atom is -0.378 e. The zero-order chi connectivity index (χ0) is 18.9. The fraction of sp³-hybridized carbons (Fsp3) is 0.200. The van der Waals surface area contributed by atoms with Gasteiger partial charge in [0.25, 0.3) is 0 Å². The molecule has 140 valence electrons. The molecule has 0 radical (unpaired) electrons. The van der Waals surface area contributed by atoms with Gasteiger partial charge in [-0.25, -0.2) is 0 Å². The SMILES string of the molecule is Clc1ccccc1[C@@H]1Nc2ccc(CSc3ccccc3)cc2[C@@H]2C=CC[C@H]21. The van der Waals surface area contributed by atoms with Crippen LogP contribution >= 0.6 is 23.4 Å². The fourth-order valence-corrected chi connectivity index (χ4v) is 5.57. The predicted octanol–water partition coefficient (Wildman–Crippen LogP) is 7.46. The molecule has 1 N–H and O–H groups in total. The Kier molecular flexibility index (Phi) is 4.92. The van der Waals surface area contributed by atoms with Gasteiger partial charge in [-0.05, 0) is 53.3 Å². The topological polar surface area (TPSA) is 12.0 Å². The van der Waals surface area contributed by atoms with E-state index in [0.717, 1.165) is 17.2 Å². The number of fused-ring (bicyclic) bond motifs is 3. The van der Waals surface area contributed by atoms with E-state index in [1.165, 1.54) is 27.3 Å². The molecule has 0 unspecified atom stereocenters. The monoisotopic (exact) mass is 403 g/mol. The Bertz CT molecular complexity index is 1010. The van der Waals surface area contributed by atoms with Gasteiger partial charge in [-0.1, -0.05) is 72.3 Å². The van der Waals surface area contributed by atoms with Gasteiger partial charge in [-0.3, -0.25) is 0 Å². The second kappa shape index (κ2) is 7.69. The van der Waals surface area contributed by atoms with Crippen LogP contribution in [0.2, 0.25) is 5.02 Å². The number of allylic oxidation sites excluding steroid dienone is 2. The van der Waals surface area contributed by atoms with Crippen LogP contribution in [-0.2, 0) is 5.75 Å². The van der Waals surface area contributed by atoms with Crippen LogP contribution in [0.25, 0.3) is 0 Å². The van der Waals surface area contributed by atoms with Crippen molar-refractivity contribution in [1.82, 2.24) is 0 Å². The van der Waals surface area contributed by atoms with Gasteiger partial charge in [0.05, 0.1) is 6.04 Å². The number of rotatable bonds is 4. The van der Waals surface area contributed by atoms with E-state index in [-0.39, 0.29) is 6.04 Å². The molecule has 0 amide bonds. The van der Waals surface area contributed by atoms with Crippen LogP contribution in [0.1, 0.15) is 35.1 Å². The van der Waals surface area contributed by atoms with Gasteiger partial charge in [-0.15, -0.1) is 11.8 Å². The van der Waals surface area contributed by atoms with Crippen LogP contribution in [0.5, 0.6) is 0 Å². The van der Waals surface area contributed by atoms with Gasteiger partial charge < -0.3 is 5.32 Å². The van der Waals surface area contributed by atoms with Crippen molar-refractivity contribution >= 4 is 29.1 Å². The molecule has 28 heavy (non-hydrogen) atoms. The summed E-state index contributed by atoms with van der Waals surface area (Å²) in [5.41, 5.74) is 5.25. The molecule has 3 atom stereocenters. The molecule has 2 aliphatic rings. The Labute approximate surface area is 175 Å². The number of benzene rings is 3. The summed E-state index contributed by atoms with van der Waals surface area (Å²) in [7, 11) is 0. The normalized spacial score (nSPS) is 22.4. The number of anilines is 1. The highest BCUT2D eigenvalue weighted by molar-refractivity contribution is 7.98. The molecular formula is C25H22ClNS. The highest BCUT2D eigenvalue weighted by Gasteiger charge is 2.38. The maximum Gasteiger partial charge on any atom is 0.0568 e. The molecule has 0 spiro atoms. The van der Waals surface area contributed by atoms with Gasteiger partial charge in [-0.2, -0.15) is 0 Å². The first-order chi connectivity index (χ1) is 13.8. The largest absolute Gasteiger partial charge is 0.378 e. The third kappa shape index (κ3) is 3.36. The molecule has 0 aromatic heterocycles. The van der Waals surface area contributed by atoms with E-state index in [2.05, 4.69) is 78.1 Å². The van der Waals surface area contributed by atoms with Crippen molar-refractivity contribution in [2.45, 2.75) is 29.0 Å². The van der Waals surface area contributed by atoms with Gasteiger partial charge >= 0.3 is 0 Å². The van der Waals surface area contributed by atoms with E-state index in [1.54, 1.807) is 0 Å². The van der Waals surface area contributed by atoms with Gasteiger partial charge in [0.1, 0.15) is 0 Å². The zero-order valence-electron chi connectivity index (χ0n) is 15.5. The van der Waals surface area contributed by atoms with Crippen molar-refractivity contribution in [3.8, 4) is 0 Å². The minimum atomic E-state index is 0.255. The fourth-order valence-electron chi connectivity index (χ4n) is 4.45.